The van der Waals surface area contributed by atoms with Gasteiger partial charge in [-0.05, 0) is 55.3 Å². The van der Waals surface area contributed by atoms with Gasteiger partial charge in [-0.15, -0.1) is 0 Å². The maximum absolute atomic E-state index is 12.5. The van der Waals surface area contributed by atoms with Crippen molar-refractivity contribution >= 4 is 27.9 Å². The standard InChI is InChI=1S/C17H24BrN3O3/c1-12-11-20(5-6-21(12)16(23)24-17(2,3)4)15(22)8-13-7-14(18)10-19-9-13/h7,9-10,12H,5-6,8,11H2,1-4H3. The van der Waals surface area contributed by atoms with Crippen molar-refractivity contribution in [2.75, 3.05) is 19.6 Å². The lowest BCUT2D eigenvalue weighted by Crippen LogP contribution is -2.56. The molecule has 1 fully saturated rings. The lowest BCUT2D eigenvalue weighted by Gasteiger charge is -2.40. The Hall–Kier alpha value is -1.63. The van der Waals surface area contributed by atoms with Crippen molar-refractivity contribution in [3.63, 3.8) is 0 Å². The van der Waals surface area contributed by atoms with Crippen molar-refractivity contribution in [2.45, 2.75) is 45.8 Å². The van der Waals surface area contributed by atoms with E-state index in [4.69, 9.17) is 4.74 Å². The number of carbonyl (C=O) groups is 2. The molecule has 1 unspecified atom stereocenters. The van der Waals surface area contributed by atoms with Crippen LogP contribution in [0.15, 0.2) is 22.9 Å². The van der Waals surface area contributed by atoms with Crippen LogP contribution in [0, 0.1) is 0 Å². The number of amides is 2. The number of carbonyl (C=O) groups excluding carboxylic acids is 2. The number of aromatic nitrogens is 1. The number of ether oxygens (including phenoxy) is 1. The van der Waals surface area contributed by atoms with Gasteiger partial charge < -0.3 is 14.5 Å². The van der Waals surface area contributed by atoms with Crippen molar-refractivity contribution in [1.29, 1.82) is 0 Å². The molecule has 0 aromatic carbocycles. The molecule has 0 aliphatic carbocycles. The second-order valence-corrected chi connectivity index (χ2v) is 7.97. The number of piperazine rings is 1. The van der Waals surface area contributed by atoms with Crippen LogP contribution in [0.5, 0.6) is 0 Å². The molecule has 1 aromatic rings. The third-order valence-electron chi connectivity index (χ3n) is 3.73. The number of halogens is 1. The summed E-state index contributed by atoms with van der Waals surface area (Å²) in [5.41, 5.74) is 0.355. The van der Waals surface area contributed by atoms with E-state index in [2.05, 4.69) is 20.9 Å². The highest BCUT2D eigenvalue weighted by Gasteiger charge is 2.32. The Morgan fingerprint density at radius 2 is 2.04 bits per heavy atom. The Morgan fingerprint density at radius 3 is 2.62 bits per heavy atom. The summed E-state index contributed by atoms with van der Waals surface area (Å²) in [7, 11) is 0. The molecular formula is C17H24BrN3O3. The molecule has 24 heavy (non-hydrogen) atoms. The van der Waals surface area contributed by atoms with E-state index in [-0.39, 0.29) is 18.0 Å². The summed E-state index contributed by atoms with van der Waals surface area (Å²) < 4.78 is 6.28. The number of nitrogens with zero attached hydrogens (tertiary/aromatic N) is 3. The fraction of sp³-hybridized carbons (Fsp3) is 0.588. The average Bonchev–Trinajstić information content (AvgIpc) is 2.45. The topological polar surface area (TPSA) is 62.7 Å². The van der Waals surface area contributed by atoms with Gasteiger partial charge in [0.05, 0.1) is 6.42 Å². The maximum atomic E-state index is 12.5. The molecule has 2 heterocycles. The Bertz CT molecular complexity index is 615. The summed E-state index contributed by atoms with van der Waals surface area (Å²) >= 11 is 3.36. The van der Waals surface area contributed by atoms with Crippen LogP contribution >= 0.6 is 15.9 Å². The maximum Gasteiger partial charge on any atom is 0.410 e. The Labute approximate surface area is 151 Å². The fourth-order valence-corrected chi connectivity index (χ4v) is 3.03. The first-order valence-electron chi connectivity index (χ1n) is 8.02. The summed E-state index contributed by atoms with van der Waals surface area (Å²) in [6.45, 7) is 9.00. The van der Waals surface area contributed by atoms with E-state index in [1.54, 1.807) is 22.2 Å². The monoisotopic (exact) mass is 397 g/mol. The highest BCUT2D eigenvalue weighted by atomic mass is 79.9. The second kappa shape index (κ2) is 7.51. The van der Waals surface area contributed by atoms with Gasteiger partial charge in [0.1, 0.15) is 5.60 Å². The van der Waals surface area contributed by atoms with Crippen LogP contribution in [0.3, 0.4) is 0 Å². The Kier molecular flexibility index (Phi) is 5.85. The van der Waals surface area contributed by atoms with Gasteiger partial charge in [-0.3, -0.25) is 9.78 Å². The molecule has 1 atom stereocenters. The van der Waals surface area contributed by atoms with E-state index < -0.39 is 5.60 Å². The van der Waals surface area contributed by atoms with Gasteiger partial charge >= 0.3 is 6.09 Å². The number of pyridine rings is 1. The molecule has 1 aliphatic rings. The van der Waals surface area contributed by atoms with Crippen LogP contribution in [-0.2, 0) is 16.0 Å². The van der Waals surface area contributed by atoms with E-state index >= 15 is 0 Å². The molecule has 2 amide bonds. The van der Waals surface area contributed by atoms with Crippen molar-refractivity contribution in [2.24, 2.45) is 0 Å². The van der Waals surface area contributed by atoms with Crippen LogP contribution in [0.4, 0.5) is 4.79 Å². The van der Waals surface area contributed by atoms with Gasteiger partial charge in [0.2, 0.25) is 5.91 Å². The molecule has 0 radical (unpaired) electrons. The Balaban J connectivity index is 1.92. The molecule has 1 aromatic heterocycles. The zero-order chi connectivity index (χ0) is 17.9. The highest BCUT2D eigenvalue weighted by molar-refractivity contribution is 9.10. The van der Waals surface area contributed by atoms with E-state index in [1.807, 2.05) is 33.8 Å². The van der Waals surface area contributed by atoms with Crippen LogP contribution in [0.25, 0.3) is 0 Å². The SMILES string of the molecule is CC1CN(C(=O)Cc2cncc(Br)c2)CCN1C(=O)OC(C)(C)C. The van der Waals surface area contributed by atoms with Crippen LogP contribution in [-0.4, -0.2) is 58.1 Å². The van der Waals surface area contributed by atoms with Gasteiger partial charge in [-0.1, -0.05) is 0 Å². The minimum Gasteiger partial charge on any atom is -0.444 e. The largest absolute Gasteiger partial charge is 0.444 e. The normalized spacial score (nSPS) is 18.5. The molecule has 1 saturated heterocycles. The van der Waals surface area contributed by atoms with Crippen molar-refractivity contribution in [1.82, 2.24) is 14.8 Å². The minimum absolute atomic E-state index is 0.0468. The smallest absolute Gasteiger partial charge is 0.410 e. The van der Waals surface area contributed by atoms with Gasteiger partial charge in [0.25, 0.3) is 0 Å². The number of rotatable bonds is 2. The lowest BCUT2D eigenvalue weighted by molar-refractivity contribution is -0.133. The molecule has 0 N–H and O–H groups in total. The molecular weight excluding hydrogens is 374 g/mol. The predicted octanol–water partition coefficient (Wildman–Crippen LogP) is 2.85. The van der Waals surface area contributed by atoms with Crippen molar-refractivity contribution in [3.05, 3.63) is 28.5 Å². The highest BCUT2D eigenvalue weighted by Crippen LogP contribution is 2.17. The summed E-state index contributed by atoms with van der Waals surface area (Å²) in [6, 6.07) is 1.82. The average molecular weight is 398 g/mol. The van der Waals surface area contributed by atoms with Gasteiger partial charge in [-0.25, -0.2) is 4.79 Å². The van der Waals surface area contributed by atoms with Crippen LogP contribution < -0.4 is 0 Å². The molecule has 0 spiro atoms. The molecule has 2 rings (SSSR count). The third kappa shape index (κ3) is 5.19. The molecule has 132 valence electrons. The number of hydrogen-bond acceptors (Lipinski definition) is 4. The quantitative estimate of drug-likeness (QED) is 0.769. The molecule has 1 aliphatic heterocycles. The first-order chi connectivity index (χ1) is 11.2. The third-order valence-corrected chi connectivity index (χ3v) is 4.16. The molecule has 7 heteroatoms. The van der Waals surface area contributed by atoms with Crippen molar-refractivity contribution in [3.8, 4) is 0 Å². The predicted molar refractivity (Wildman–Crippen MR) is 94.6 cm³/mol. The zero-order valence-electron chi connectivity index (χ0n) is 14.6. The van der Waals surface area contributed by atoms with E-state index in [9.17, 15) is 9.59 Å². The fourth-order valence-electron chi connectivity index (χ4n) is 2.61. The number of hydrogen-bond donors (Lipinski definition) is 0. The van der Waals surface area contributed by atoms with E-state index in [0.717, 1.165) is 10.0 Å². The zero-order valence-corrected chi connectivity index (χ0v) is 16.2. The summed E-state index contributed by atoms with van der Waals surface area (Å²) in [6.07, 6.45) is 3.38. The van der Waals surface area contributed by atoms with E-state index in [1.165, 1.54) is 0 Å². The first kappa shape index (κ1) is 18.7. The molecule has 0 saturated carbocycles. The van der Waals surface area contributed by atoms with E-state index in [0.29, 0.717) is 26.1 Å². The van der Waals surface area contributed by atoms with Gasteiger partial charge in [-0.2, -0.15) is 0 Å². The summed E-state index contributed by atoms with van der Waals surface area (Å²) in [4.78, 5) is 32.3. The molecule has 0 bridgehead atoms. The lowest BCUT2D eigenvalue weighted by atomic mass is 10.1. The first-order valence-corrected chi connectivity index (χ1v) is 8.82. The van der Waals surface area contributed by atoms with Gasteiger partial charge in [0, 0.05) is 42.5 Å². The second-order valence-electron chi connectivity index (χ2n) is 7.05. The van der Waals surface area contributed by atoms with Crippen LogP contribution in [0.2, 0.25) is 0 Å². The Morgan fingerprint density at radius 1 is 1.33 bits per heavy atom. The van der Waals surface area contributed by atoms with Gasteiger partial charge in [0.15, 0.2) is 0 Å². The summed E-state index contributed by atoms with van der Waals surface area (Å²) in [5, 5.41) is 0. The molecule has 6 nitrogen and oxygen atoms in total. The minimum atomic E-state index is -0.516. The van der Waals surface area contributed by atoms with Crippen LogP contribution in [0.1, 0.15) is 33.3 Å². The summed E-state index contributed by atoms with van der Waals surface area (Å²) in [5.74, 6) is 0.0468. The van der Waals surface area contributed by atoms with Crippen molar-refractivity contribution < 1.29 is 14.3 Å².